The van der Waals surface area contributed by atoms with Gasteiger partial charge in [-0.1, -0.05) is 6.07 Å². The number of aromatic amines is 1. The van der Waals surface area contributed by atoms with Crippen LogP contribution < -0.4 is 4.90 Å². The van der Waals surface area contributed by atoms with Gasteiger partial charge in [-0.15, -0.1) is 0 Å². The van der Waals surface area contributed by atoms with Gasteiger partial charge in [-0.2, -0.15) is 0 Å². The highest BCUT2D eigenvalue weighted by Crippen LogP contribution is 2.16. The number of aromatic nitrogens is 3. The van der Waals surface area contributed by atoms with Gasteiger partial charge in [0, 0.05) is 57.2 Å². The molecule has 1 unspecified atom stereocenters. The lowest BCUT2D eigenvalue weighted by Crippen LogP contribution is -2.30. The number of H-pyrrole nitrogens is 1. The highest BCUT2D eigenvalue weighted by atomic mass is 16.5. The number of hydrogen-bond donors (Lipinski definition) is 1. The summed E-state index contributed by atoms with van der Waals surface area (Å²) in [6.07, 6.45) is 4.57. The fraction of sp³-hybridized carbons (Fsp3) is 0.529. The van der Waals surface area contributed by atoms with Crippen LogP contribution in [0.15, 0.2) is 30.7 Å². The standard InChI is InChI=1S/C17H25N5O/c1-21(2)17-5-3-4-15(20-17)8-14-10-22(6-7-23-12-14)11-16-9-18-13-19-16/h3-5,9,13-14H,6-8,10-12H2,1-2H3,(H,18,19). The predicted molar refractivity (Wildman–Crippen MR) is 90.4 cm³/mol. The first-order valence-electron chi connectivity index (χ1n) is 8.11. The summed E-state index contributed by atoms with van der Waals surface area (Å²) >= 11 is 0. The average Bonchev–Trinajstić information content (AvgIpc) is 2.94. The molecule has 2 aromatic rings. The molecule has 1 N–H and O–H groups in total. The minimum absolute atomic E-state index is 0.463. The second kappa shape index (κ2) is 7.57. The Morgan fingerprint density at radius 1 is 1.39 bits per heavy atom. The first kappa shape index (κ1) is 16.0. The summed E-state index contributed by atoms with van der Waals surface area (Å²) in [5.74, 6) is 1.47. The van der Waals surface area contributed by atoms with Crippen LogP contribution in [0.1, 0.15) is 11.4 Å². The van der Waals surface area contributed by atoms with Gasteiger partial charge in [0.2, 0.25) is 0 Å². The summed E-state index contributed by atoms with van der Waals surface area (Å²) in [4.78, 5) is 16.5. The molecule has 3 heterocycles. The number of nitrogens with one attached hydrogen (secondary N) is 1. The normalized spacial score (nSPS) is 19.5. The number of nitrogens with zero attached hydrogens (tertiary/aromatic N) is 4. The molecular weight excluding hydrogens is 290 g/mol. The molecule has 6 nitrogen and oxygen atoms in total. The smallest absolute Gasteiger partial charge is 0.128 e. The maximum atomic E-state index is 5.80. The molecule has 1 aliphatic heterocycles. The summed E-state index contributed by atoms with van der Waals surface area (Å²) in [5, 5.41) is 0. The predicted octanol–water partition coefficient (Wildman–Crippen LogP) is 1.56. The first-order chi connectivity index (χ1) is 11.2. The average molecular weight is 315 g/mol. The molecule has 0 bridgehead atoms. The Morgan fingerprint density at radius 3 is 3.09 bits per heavy atom. The van der Waals surface area contributed by atoms with Crippen LogP contribution in [0.25, 0.3) is 0 Å². The van der Waals surface area contributed by atoms with Crippen LogP contribution in [-0.4, -0.2) is 60.3 Å². The first-order valence-corrected chi connectivity index (χ1v) is 8.11. The number of pyridine rings is 1. The molecule has 0 saturated carbocycles. The van der Waals surface area contributed by atoms with Crippen LogP contribution in [0, 0.1) is 5.92 Å². The second-order valence-corrected chi connectivity index (χ2v) is 6.34. The summed E-state index contributed by atoms with van der Waals surface area (Å²) in [6, 6.07) is 6.23. The molecule has 0 aromatic carbocycles. The molecule has 0 aliphatic carbocycles. The van der Waals surface area contributed by atoms with Crippen LogP contribution in [0.5, 0.6) is 0 Å². The van der Waals surface area contributed by atoms with E-state index < -0.39 is 0 Å². The third-order valence-electron chi connectivity index (χ3n) is 4.12. The zero-order chi connectivity index (χ0) is 16.1. The Morgan fingerprint density at radius 2 is 2.30 bits per heavy atom. The number of anilines is 1. The van der Waals surface area contributed by atoms with Crippen molar-refractivity contribution < 1.29 is 4.74 Å². The number of hydrogen-bond acceptors (Lipinski definition) is 5. The lowest BCUT2D eigenvalue weighted by molar-refractivity contribution is 0.121. The molecule has 6 heteroatoms. The van der Waals surface area contributed by atoms with E-state index in [2.05, 4.69) is 27.0 Å². The van der Waals surface area contributed by atoms with Gasteiger partial charge in [0.15, 0.2) is 0 Å². The van der Waals surface area contributed by atoms with Crippen molar-refractivity contribution in [1.29, 1.82) is 0 Å². The SMILES string of the molecule is CN(C)c1cccc(CC2COCCN(Cc3cnc[nH]3)C2)n1. The molecule has 0 radical (unpaired) electrons. The Kier molecular flexibility index (Phi) is 5.25. The van der Waals surface area contributed by atoms with Gasteiger partial charge >= 0.3 is 0 Å². The molecule has 1 saturated heterocycles. The van der Waals surface area contributed by atoms with Crippen molar-refractivity contribution in [3.8, 4) is 0 Å². The molecule has 1 aliphatic rings. The van der Waals surface area contributed by atoms with E-state index >= 15 is 0 Å². The van der Waals surface area contributed by atoms with Gasteiger partial charge in [-0.3, -0.25) is 4.90 Å². The largest absolute Gasteiger partial charge is 0.380 e. The molecule has 1 fully saturated rings. The van der Waals surface area contributed by atoms with Gasteiger partial charge in [0.05, 0.1) is 19.5 Å². The summed E-state index contributed by atoms with van der Waals surface area (Å²) in [6.45, 7) is 4.46. The fourth-order valence-corrected chi connectivity index (χ4v) is 2.96. The topological polar surface area (TPSA) is 57.3 Å². The zero-order valence-electron chi connectivity index (χ0n) is 13.9. The van der Waals surface area contributed by atoms with E-state index in [4.69, 9.17) is 9.72 Å². The minimum Gasteiger partial charge on any atom is -0.380 e. The lowest BCUT2D eigenvalue weighted by atomic mass is 10.0. The Labute approximate surface area is 137 Å². The maximum absolute atomic E-state index is 5.80. The highest BCUT2D eigenvalue weighted by Gasteiger charge is 2.20. The van der Waals surface area contributed by atoms with E-state index in [0.29, 0.717) is 5.92 Å². The molecule has 23 heavy (non-hydrogen) atoms. The van der Waals surface area contributed by atoms with Crippen molar-refractivity contribution in [2.45, 2.75) is 13.0 Å². The highest BCUT2D eigenvalue weighted by molar-refractivity contribution is 5.37. The number of rotatable bonds is 5. The van der Waals surface area contributed by atoms with Gasteiger partial charge in [0.25, 0.3) is 0 Å². The van der Waals surface area contributed by atoms with Gasteiger partial charge < -0.3 is 14.6 Å². The van der Waals surface area contributed by atoms with Crippen molar-refractivity contribution in [1.82, 2.24) is 19.9 Å². The van der Waals surface area contributed by atoms with Crippen LogP contribution in [-0.2, 0) is 17.7 Å². The van der Waals surface area contributed by atoms with Gasteiger partial charge in [-0.05, 0) is 18.6 Å². The lowest BCUT2D eigenvalue weighted by Gasteiger charge is -2.22. The Balaban J connectivity index is 1.63. The second-order valence-electron chi connectivity index (χ2n) is 6.34. The summed E-state index contributed by atoms with van der Waals surface area (Å²) < 4.78 is 5.80. The van der Waals surface area contributed by atoms with Crippen molar-refractivity contribution >= 4 is 5.82 Å². The molecule has 3 rings (SSSR count). The van der Waals surface area contributed by atoms with Crippen LogP contribution in [0.4, 0.5) is 5.82 Å². The summed E-state index contributed by atoms with van der Waals surface area (Å²) in [5.41, 5.74) is 2.28. The third-order valence-corrected chi connectivity index (χ3v) is 4.12. The Bertz CT molecular complexity index is 599. The molecule has 2 aromatic heterocycles. The van der Waals surface area contributed by atoms with E-state index in [1.54, 1.807) is 6.33 Å². The summed E-state index contributed by atoms with van der Waals surface area (Å²) in [7, 11) is 4.04. The fourth-order valence-electron chi connectivity index (χ4n) is 2.96. The van der Waals surface area contributed by atoms with Gasteiger partial charge in [-0.25, -0.2) is 9.97 Å². The monoisotopic (exact) mass is 315 g/mol. The molecular formula is C17H25N5O. The van der Waals surface area contributed by atoms with Crippen LogP contribution in [0.2, 0.25) is 0 Å². The Hall–Kier alpha value is -1.92. The number of ether oxygens (including phenoxy) is 1. The van der Waals surface area contributed by atoms with Gasteiger partial charge in [0.1, 0.15) is 5.82 Å². The minimum atomic E-state index is 0.463. The molecule has 1 atom stereocenters. The maximum Gasteiger partial charge on any atom is 0.128 e. The molecule has 0 spiro atoms. The van der Waals surface area contributed by atoms with E-state index in [0.717, 1.165) is 56.5 Å². The van der Waals surface area contributed by atoms with Crippen molar-refractivity contribution in [2.24, 2.45) is 5.92 Å². The van der Waals surface area contributed by atoms with E-state index in [1.807, 2.05) is 31.3 Å². The zero-order valence-corrected chi connectivity index (χ0v) is 13.9. The van der Waals surface area contributed by atoms with Crippen LogP contribution in [0.3, 0.4) is 0 Å². The molecule has 0 amide bonds. The van der Waals surface area contributed by atoms with Crippen molar-refractivity contribution in [2.75, 3.05) is 45.3 Å². The third kappa shape index (κ3) is 4.53. The number of imidazole rings is 1. The van der Waals surface area contributed by atoms with E-state index in [-0.39, 0.29) is 0 Å². The van der Waals surface area contributed by atoms with Crippen LogP contribution >= 0.6 is 0 Å². The van der Waals surface area contributed by atoms with Crippen molar-refractivity contribution in [3.05, 3.63) is 42.1 Å². The molecule has 124 valence electrons. The van der Waals surface area contributed by atoms with E-state index in [1.165, 1.54) is 0 Å². The van der Waals surface area contributed by atoms with E-state index in [9.17, 15) is 0 Å². The van der Waals surface area contributed by atoms with Crippen molar-refractivity contribution in [3.63, 3.8) is 0 Å². The quantitative estimate of drug-likeness (QED) is 0.907.